The minimum atomic E-state index is -0.202. The van der Waals surface area contributed by atoms with Crippen LogP contribution >= 0.6 is 0 Å². The summed E-state index contributed by atoms with van der Waals surface area (Å²) in [6, 6.07) is 5.97. The van der Waals surface area contributed by atoms with Crippen LogP contribution in [0.3, 0.4) is 0 Å². The van der Waals surface area contributed by atoms with Crippen molar-refractivity contribution in [3.8, 4) is 0 Å². The minimum absolute atomic E-state index is 0.0182. The van der Waals surface area contributed by atoms with Crippen LogP contribution in [0.1, 0.15) is 54.7 Å². The van der Waals surface area contributed by atoms with E-state index in [1.807, 2.05) is 30.0 Å². The standard InChI is InChI=1S/C22H28N2O3/c1-3-27-22(26)16-5-4-10-24(13-16)21(25)15-7-9-20-18(12-15)17-11-14(2)6-8-19(17)23-20/h7,9,12,14,16,23H,3-6,8,10-11,13H2,1-2H3/t14-,16+/m0/s1. The zero-order valence-electron chi connectivity index (χ0n) is 16.2. The average molecular weight is 368 g/mol. The smallest absolute Gasteiger partial charge is 0.310 e. The molecule has 1 amide bonds. The molecule has 2 aliphatic rings. The zero-order chi connectivity index (χ0) is 19.0. The number of nitrogens with one attached hydrogen (secondary N) is 1. The summed E-state index contributed by atoms with van der Waals surface area (Å²) in [6.45, 7) is 5.65. The van der Waals surface area contributed by atoms with E-state index in [9.17, 15) is 9.59 Å². The number of hydrogen-bond acceptors (Lipinski definition) is 3. The van der Waals surface area contributed by atoms with Gasteiger partial charge in [0.25, 0.3) is 5.91 Å². The van der Waals surface area contributed by atoms with Gasteiger partial charge in [0.05, 0.1) is 12.5 Å². The summed E-state index contributed by atoms with van der Waals surface area (Å²) in [4.78, 5) is 30.5. The van der Waals surface area contributed by atoms with E-state index in [0.29, 0.717) is 31.2 Å². The molecule has 1 aromatic heterocycles. The molecule has 144 valence electrons. The van der Waals surface area contributed by atoms with Crippen LogP contribution in [0.5, 0.6) is 0 Å². The first-order valence-corrected chi connectivity index (χ1v) is 10.2. The number of ether oxygens (including phenoxy) is 1. The van der Waals surface area contributed by atoms with E-state index in [-0.39, 0.29) is 17.8 Å². The van der Waals surface area contributed by atoms with Crippen molar-refractivity contribution in [2.45, 2.75) is 46.0 Å². The SMILES string of the molecule is CCOC(=O)[C@@H]1CCCN(C(=O)c2ccc3[nH]c4c(c3c2)C[C@@H](C)CC4)C1. The van der Waals surface area contributed by atoms with Gasteiger partial charge in [-0.1, -0.05) is 6.92 Å². The highest BCUT2D eigenvalue weighted by molar-refractivity contribution is 5.99. The molecule has 1 aliphatic heterocycles. The number of aryl methyl sites for hydroxylation is 1. The Kier molecular flexibility index (Phi) is 4.94. The van der Waals surface area contributed by atoms with Gasteiger partial charge in [0.15, 0.2) is 0 Å². The third kappa shape index (κ3) is 3.47. The second-order valence-corrected chi connectivity index (χ2v) is 8.03. The molecular formula is C22H28N2O3. The van der Waals surface area contributed by atoms with E-state index in [1.165, 1.54) is 23.1 Å². The molecular weight excluding hydrogens is 340 g/mol. The lowest BCUT2D eigenvalue weighted by atomic mass is 9.87. The topological polar surface area (TPSA) is 62.4 Å². The maximum Gasteiger partial charge on any atom is 0.310 e. The lowest BCUT2D eigenvalue weighted by Gasteiger charge is -2.31. The van der Waals surface area contributed by atoms with Gasteiger partial charge in [-0.2, -0.15) is 0 Å². The number of aromatic nitrogens is 1. The van der Waals surface area contributed by atoms with Gasteiger partial charge in [-0.15, -0.1) is 0 Å². The molecule has 1 saturated heterocycles. The first-order chi connectivity index (χ1) is 13.1. The number of H-pyrrole nitrogens is 1. The summed E-state index contributed by atoms with van der Waals surface area (Å²) >= 11 is 0. The third-order valence-electron chi connectivity index (χ3n) is 6.01. The lowest BCUT2D eigenvalue weighted by Crippen LogP contribution is -2.42. The molecule has 0 radical (unpaired) electrons. The van der Waals surface area contributed by atoms with E-state index < -0.39 is 0 Å². The van der Waals surface area contributed by atoms with Crippen molar-refractivity contribution in [1.29, 1.82) is 0 Å². The van der Waals surface area contributed by atoms with Crippen LogP contribution in [0.15, 0.2) is 18.2 Å². The van der Waals surface area contributed by atoms with Gasteiger partial charge < -0.3 is 14.6 Å². The molecule has 5 nitrogen and oxygen atoms in total. The summed E-state index contributed by atoms with van der Waals surface area (Å²) in [5.74, 6) is 0.319. The molecule has 1 aromatic carbocycles. The molecule has 4 rings (SSSR count). The van der Waals surface area contributed by atoms with Crippen molar-refractivity contribution in [3.05, 3.63) is 35.0 Å². The Morgan fingerprint density at radius 3 is 2.96 bits per heavy atom. The Morgan fingerprint density at radius 1 is 1.30 bits per heavy atom. The Bertz CT molecular complexity index is 870. The Labute approximate surface area is 160 Å². The van der Waals surface area contributed by atoms with Crippen molar-refractivity contribution < 1.29 is 14.3 Å². The molecule has 0 spiro atoms. The zero-order valence-corrected chi connectivity index (χ0v) is 16.2. The molecule has 2 heterocycles. The minimum Gasteiger partial charge on any atom is -0.466 e. The summed E-state index contributed by atoms with van der Waals surface area (Å²) < 4.78 is 5.15. The van der Waals surface area contributed by atoms with Gasteiger partial charge in [-0.25, -0.2) is 0 Å². The van der Waals surface area contributed by atoms with Crippen molar-refractivity contribution in [2.24, 2.45) is 11.8 Å². The van der Waals surface area contributed by atoms with Crippen LogP contribution in [-0.2, 0) is 22.4 Å². The summed E-state index contributed by atoms with van der Waals surface area (Å²) in [7, 11) is 0. The number of piperidine rings is 1. The third-order valence-corrected chi connectivity index (χ3v) is 6.01. The summed E-state index contributed by atoms with van der Waals surface area (Å²) in [5.41, 5.74) is 4.54. The highest BCUT2D eigenvalue weighted by atomic mass is 16.5. The normalized spacial score (nSPS) is 22.5. The molecule has 2 aromatic rings. The van der Waals surface area contributed by atoms with Crippen LogP contribution in [0.4, 0.5) is 0 Å². The average Bonchev–Trinajstić information content (AvgIpc) is 3.05. The number of carbonyl (C=O) groups is 2. The number of benzene rings is 1. The number of fused-ring (bicyclic) bond motifs is 3. The number of carbonyl (C=O) groups excluding carboxylic acids is 2. The molecule has 0 bridgehead atoms. The molecule has 0 saturated carbocycles. The lowest BCUT2D eigenvalue weighted by molar-refractivity contribution is -0.149. The highest BCUT2D eigenvalue weighted by Gasteiger charge is 2.30. The van der Waals surface area contributed by atoms with Gasteiger partial charge in [0.1, 0.15) is 0 Å². The Hall–Kier alpha value is -2.30. The second-order valence-electron chi connectivity index (χ2n) is 8.03. The van der Waals surface area contributed by atoms with Crippen LogP contribution in [-0.4, -0.2) is 41.5 Å². The van der Waals surface area contributed by atoms with Crippen molar-refractivity contribution in [2.75, 3.05) is 19.7 Å². The van der Waals surface area contributed by atoms with Crippen molar-refractivity contribution in [1.82, 2.24) is 9.88 Å². The number of nitrogens with zero attached hydrogens (tertiary/aromatic N) is 1. The van der Waals surface area contributed by atoms with Gasteiger partial charge >= 0.3 is 5.97 Å². The number of hydrogen-bond donors (Lipinski definition) is 1. The summed E-state index contributed by atoms with van der Waals surface area (Å²) in [5, 5.41) is 1.18. The molecule has 1 aliphatic carbocycles. The van der Waals surface area contributed by atoms with Crippen LogP contribution in [0.25, 0.3) is 10.9 Å². The van der Waals surface area contributed by atoms with Crippen molar-refractivity contribution >= 4 is 22.8 Å². The van der Waals surface area contributed by atoms with E-state index in [2.05, 4.69) is 11.9 Å². The molecule has 27 heavy (non-hydrogen) atoms. The number of likely N-dealkylation sites (tertiary alicyclic amines) is 1. The van der Waals surface area contributed by atoms with Gasteiger partial charge in [-0.3, -0.25) is 9.59 Å². The van der Waals surface area contributed by atoms with E-state index in [0.717, 1.165) is 31.2 Å². The van der Waals surface area contributed by atoms with Crippen LogP contribution < -0.4 is 0 Å². The number of aromatic amines is 1. The first-order valence-electron chi connectivity index (χ1n) is 10.2. The molecule has 2 atom stereocenters. The van der Waals surface area contributed by atoms with Gasteiger partial charge in [0, 0.05) is 35.2 Å². The first kappa shape index (κ1) is 18.1. The fourth-order valence-corrected chi connectivity index (χ4v) is 4.52. The Morgan fingerprint density at radius 2 is 2.15 bits per heavy atom. The van der Waals surface area contributed by atoms with Crippen molar-refractivity contribution in [3.63, 3.8) is 0 Å². The quantitative estimate of drug-likeness (QED) is 0.840. The predicted molar refractivity (Wildman–Crippen MR) is 105 cm³/mol. The van der Waals surface area contributed by atoms with Crippen LogP contribution in [0.2, 0.25) is 0 Å². The Balaban J connectivity index is 1.57. The van der Waals surface area contributed by atoms with E-state index >= 15 is 0 Å². The number of esters is 1. The second kappa shape index (κ2) is 7.37. The fraction of sp³-hybridized carbons (Fsp3) is 0.545. The van der Waals surface area contributed by atoms with Gasteiger partial charge in [-0.05, 0) is 68.7 Å². The molecule has 1 fully saturated rings. The van der Waals surface area contributed by atoms with E-state index in [1.54, 1.807) is 0 Å². The number of rotatable bonds is 3. The molecule has 1 N–H and O–H groups in total. The predicted octanol–water partition coefficient (Wildman–Crippen LogP) is 3.71. The molecule has 5 heteroatoms. The van der Waals surface area contributed by atoms with Crippen LogP contribution in [0, 0.1) is 11.8 Å². The largest absolute Gasteiger partial charge is 0.466 e. The highest BCUT2D eigenvalue weighted by Crippen LogP contribution is 2.32. The maximum absolute atomic E-state index is 13.1. The van der Waals surface area contributed by atoms with Gasteiger partial charge in [0.2, 0.25) is 0 Å². The monoisotopic (exact) mass is 368 g/mol. The summed E-state index contributed by atoms with van der Waals surface area (Å²) in [6.07, 6.45) is 5.01. The fourth-order valence-electron chi connectivity index (χ4n) is 4.52. The number of amides is 1. The molecule has 0 unspecified atom stereocenters. The van der Waals surface area contributed by atoms with E-state index in [4.69, 9.17) is 4.74 Å². The maximum atomic E-state index is 13.1.